The lowest BCUT2D eigenvalue weighted by Gasteiger charge is -2.10. The highest BCUT2D eigenvalue weighted by molar-refractivity contribution is 7.10. The summed E-state index contributed by atoms with van der Waals surface area (Å²) in [5, 5.41) is 12.4. The van der Waals surface area contributed by atoms with E-state index in [0.29, 0.717) is 12.1 Å². The normalized spacial score (nSPS) is 11.5. The molecular formula is C21H16N4O2S. The molecule has 1 N–H and O–H groups in total. The van der Waals surface area contributed by atoms with Crippen molar-refractivity contribution in [3.05, 3.63) is 89.2 Å². The van der Waals surface area contributed by atoms with Crippen LogP contribution in [-0.2, 0) is 6.54 Å². The Labute approximate surface area is 165 Å². The average molecular weight is 388 g/mol. The van der Waals surface area contributed by atoms with Crippen LogP contribution >= 0.6 is 11.3 Å². The number of thiazole rings is 1. The van der Waals surface area contributed by atoms with Gasteiger partial charge in [0.1, 0.15) is 5.01 Å². The Hall–Kier alpha value is -3.58. The highest BCUT2D eigenvalue weighted by Crippen LogP contribution is 2.28. The lowest BCUT2D eigenvalue weighted by atomic mass is 9.97. The summed E-state index contributed by atoms with van der Waals surface area (Å²) in [6.07, 6.45) is 12.5. The number of imidazole rings is 1. The number of rotatable bonds is 6. The van der Waals surface area contributed by atoms with Gasteiger partial charge in [0.05, 0.1) is 18.4 Å². The zero-order chi connectivity index (χ0) is 19.3. The van der Waals surface area contributed by atoms with Crippen LogP contribution in [0.1, 0.15) is 20.9 Å². The van der Waals surface area contributed by atoms with Gasteiger partial charge in [0.25, 0.3) is 0 Å². The maximum absolute atomic E-state index is 11.7. The van der Waals surface area contributed by atoms with E-state index in [2.05, 4.69) is 15.0 Å². The third-order valence-corrected chi connectivity index (χ3v) is 5.06. The Kier molecular flexibility index (Phi) is 5.07. The Morgan fingerprint density at radius 3 is 2.79 bits per heavy atom. The largest absolute Gasteiger partial charge is 0.478 e. The minimum absolute atomic E-state index is 0.246. The molecule has 0 saturated heterocycles. The fourth-order valence-corrected chi connectivity index (χ4v) is 3.58. The quantitative estimate of drug-likeness (QED) is 0.531. The predicted molar refractivity (Wildman–Crippen MR) is 109 cm³/mol. The summed E-state index contributed by atoms with van der Waals surface area (Å²) in [7, 11) is 0. The summed E-state index contributed by atoms with van der Waals surface area (Å²) in [4.78, 5) is 24.3. The van der Waals surface area contributed by atoms with Crippen LogP contribution in [0, 0.1) is 0 Å². The van der Waals surface area contributed by atoms with Gasteiger partial charge in [-0.15, -0.1) is 11.3 Å². The Balaban J connectivity index is 1.79. The second-order valence-electron chi connectivity index (χ2n) is 6.09. The number of carbonyl (C=O) groups is 1. The van der Waals surface area contributed by atoms with Crippen molar-refractivity contribution >= 4 is 29.0 Å². The number of aromatic nitrogens is 4. The number of carboxylic acids is 1. The third-order valence-electron chi connectivity index (χ3n) is 4.21. The molecule has 0 fully saturated rings. The molecule has 0 atom stereocenters. The van der Waals surface area contributed by atoms with Crippen molar-refractivity contribution in [2.45, 2.75) is 6.54 Å². The molecular weight excluding hydrogens is 372 g/mol. The van der Waals surface area contributed by atoms with Gasteiger partial charge in [-0.25, -0.2) is 14.8 Å². The number of aromatic carboxylic acids is 1. The van der Waals surface area contributed by atoms with Gasteiger partial charge in [-0.05, 0) is 35.4 Å². The van der Waals surface area contributed by atoms with Crippen LogP contribution in [-0.4, -0.2) is 30.6 Å². The zero-order valence-corrected chi connectivity index (χ0v) is 15.6. The van der Waals surface area contributed by atoms with Gasteiger partial charge in [0.15, 0.2) is 0 Å². The van der Waals surface area contributed by atoms with Gasteiger partial charge in [0.2, 0.25) is 0 Å². The third kappa shape index (κ3) is 3.89. The highest BCUT2D eigenvalue weighted by atomic mass is 32.1. The number of hydrogen-bond acceptors (Lipinski definition) is 5. The molecule has 0 saturated carbocycles. The van der Waals surface area contributed by atoms with Gasteiger partial charge in [-0.1, -0.05) is 12.1 Å². The number of allylic oxidation sites excluding steroid dienone is 1. The second kappa shape index (κ2) is 7.98. The standard InChI is InChI=1S/C21H16N4O2S/c26-21(27)18-4-3-15(11-19(18)16-2-1-5-22-12-16)10-17(20-24-7-9-28-20)13-25-8-6-23-14-25/h1-12,14H,13H2,(H,26,27). The molecule has 4 rings (SSSR count). The van der Waals surface area contributed by atoms with Crippen LogP contribution in [0.3, 0.4) is 0 Å². The Morgan fingerprint density at radius 2 is 2.11 bits per heavy atom. The van der Waals surface area contributed by atoms with E-state index in [9.17, 15) is 9.90 Å². The van der Waals surface area contributed by atoms with Crippen molar-refractivity contribution in [2.75, 3.05) is 0 Å². The molecule has 0 spiro atoms. The van der Waals surface area contributed by atoms with E-state index in [1.807, 2.05) is 40.4 Å². The average Bonchev–Trinajstić information content (AvgIpc) is 3.42. The molecule has 138 valence electrons. The molecule has 3 heterocycles. The first kappa shape index (κ1) is 17.8. The molecule has 1 aromatic carbocycles. The van der Waals surface area contributed by atoms with E-state index in [1.165, 1.54) is 0 Å². The summed E-state index contributed by atoms with van der Waals surface area (Å²) >= 11 is 1.56. The van der Waals surface area contributed by atoms with Crippen molar-refractivity contribution in [1.82, 2.24) is 19.5 Å². The molecule has 0 unspecified atom stereocenters. The molecule has 0 amide bonds. The van der Waals surface area contributed by atoms with E-state index in [0.717, 1.165) is 21.7 Å². The first-order valence-electron chi connectivity index (χ1n) is 8.54. The van der Waals surface area contributed by atoms with Crippen LogP contribution < -0.4 is 0 Å². The van der Waals surface area contributed by atoms with Crippen LogP contribution in [0.4, 0.5) is 0 Å². The molecule has 0 aliphatic heterocycles. The van der Waals surface area contributed by atoms with Crippen LogP contribution in [0.5, 0.6) is 0 Å². The van der Waals surface area contributed by atoms with E-state index in [4.69, 9.17) is 0 Å². The molecule has 0 aliphatic carbocycles. The van der Waals surface area contributed by atoms with Gasteiger partial charge < -0.3 is 9.67 Å². The summed E-state index contributed by atoms with van der Waals surface area (Å²) in [6.45, 7) is 0.621. The van der Waals surface area contributed by atoms with Crippen LogP contribution in [0.15, 0.2) is 73.0 Å². The summed E-state index contributed by atoms with van der Waals surface area (Å²) in [6, 6.07) is 8.97. The summed E-state index contributed by atoms with van der Waals surface area (Å²) < 4.78 is 1.97. The molecule has 4 aromatic rings. The van der Waals surface area contributed by atoms with Crippen LogP contribution in [0.2, 0.25) is 0 Å². The Morgan fingerprint density at radius 1 is 1.18 bits per heavy atom. The number of pyridine rings is 1. The van der Waals surface area contributed by atoms with Gasteiger partial charge in [0, 0.05) is 47.5 Å². The highest BCUT2D eigenvalue weighted by Gasteiger charge is 2.13. The molecule has 3 aromatic heterocycles. The van der Waals surface area contributed by atoms with E-state index in [-0.39, 0.29) is 5.56 Å². The summed E-state index contributed by atoms with van der Waals surface area (Å²) in [5.74, 6) is -0.965. The molecule has 7 heteroatoms. The van der Waals surface area contributed by atoms with Crippen molar-refractivity contribution in [3.8, 4) is 11.1 Å². The predicted octanol–water partition coefficient (Wildman–Crippen LogP) is 4.34. The first-order valence-corrected chi connectivity index (χ1v) is 9.42. The van der Waals surface area contributed by atoms with Gasteiger partial charge in [-0.2, -0.15) is 0 Å². The molecule has 0 bridgehead atoms. The minimum Gasteiger partial charge on any atom is -0.478 e. The van der Waals surface area contributed by atoms with E-state index >= 15 is 0 Å². The monoisotopic (exact) mass is 388 g/mol. The smallest absolute Gasteiger partial charge is 0.336 e. The molecule has 0 radical (unpaired) electrons. The summed E-state index contributed by atoms with van der Waals surface area (Å²) in [5.41, 5.74) is 3.56. The van der Waals surface area contributed by atoms with Gasteiger partial charge in [-0.3, -0.25) is 4.98 Å². The van der Waals surface area contributed by atoms with E-state index in [1.54, 1.807) is 54.6 Å². The number of nitrogens with zero attached hydrogens (tertiary/aromatic N) is 4. The number of hydrogen-bond donors (Lipinski definition) is 1. The van der Waals surface area contributed by atoms with Crippen molar-refractivity contribution in [1.29, 1.82) is 0 Å². The maximum atomic E-state index is 11.7. The Bertz CT molecular complexity index is 1100. The van der Waals surface area contributed by atoms with Crippen molar-refractivity contribution in [2.24, 2.45) is 0 Å². The lowest BCUT2D eigenvalue weighted by Crippen LogP contribution is -2.01. The maximum Gasteiger partial charge on any atom is 0.336 e. The van der Waals surface area contributed by atoms with Crippen molar-refractivity contribution in [3.63, 3.8) is 0 Å². The fraction of sp³-hybridized carbons (Fsp3) is 0.0476. The van der Waals surface area contributed by atoms with Crippen LogP contribution in [0.25, 0.3) is 22.8 Å². The first-order chi connectivity index (χ1) is 13.7. The van der Waals surface area contributed by atoms with Crippen molar-refractivity contribution < 1.29 is 9.90 Å². The molecule has 28 heavy (non-hydrogen) atoms. The molecule has 6 nitrogen and oxygen atoms in total. The number of carboxylic acid groups (broad SMARTS) is 1. The van der Waals surface area contributed by atoms with E-state index < -0.39 is 5.97 Å². The second-order valence-corrected chi connectivity index (χ2v) is 6.99. The number of benzene rings is 1. The minimum atomic E-state index is -0.965. The topological polar surface area (TPSA) is 80.9 Å². The zero-order valence-electron chi connectivity index (χ0n) is 14.8. The molecule has 0 aliphatic rings. The van der Waals surface area contributed by atoms with Gasteiger partial charge >= 0.3 is 5.97 Å². The lowest BCUT2D eigenvalue weighted by molar-refractivity contribution is 0.0697. The fourth-order valence-electron chi connectivity index (χ4n) is 2.93. The SMILES string of the molecule is O=C(O)c1ccc(C=C(Cn2ccnc2)c2nccs2)cc1-c1cccnc1.